The van der Waals surface area contributed by atoms with Gasteiger partial charge < -0.3 is 24.3 Å². The smallest absolute Gasteiger partial charge is 0.308 e. The van der Waals surface area contributed by atoms with Crippen molar-refractivity contribution in [2.45, 2.75) is 52.4 Å². The summed E-state index contributed by atoms with van der Waals surface area (Å²) < 4.78 is 22.5. The van der Waals surface area contributed by atoms with Crippen LogP contribution in [0.2, 0.25) is 0 Å². The van der Waals surface area contributed by atoms with Crippen LogP contribution in [0.1, 0.15) is 69.1 Å². The lowest BCUT2D eigenvalue weighted by Gasteiger charge is -2.21. The van der Waals surface area contributed by atoms with Gasteiger partial charge in [0.05, 0.1) is 0 Å². The van der Waals surface area contributed by atoms with Gasteiger partial charge in [0.1, 0.15) is 18.1 Å². The number of hydrogen-bond acceptors (Lipinski definition) is 6. The summed E-state index contributed by atoms with van der Waals surface area (Å²) in [5.41, 5.74) is 5.48. The van der Waals surface area contributed by atoms with Crippen LogP contribution in [0.25, 0.3) is 11.1 Å². The van der Waals surface area contributed by atoms with E-state index < -0.39 is 0 Å². The van der Waals surface area contributed by atoms with E-state index in [-0.39, 0.29) is 12.8 Å². The van der Waals surface area contributed by atoms with Gasteiger partial charge in [0.15, 0.2) is 11.5 Å². The zero-order valence-electron chi connectivity index (χ0n) is 23.5. The number of allylic oxidation sites excluding steroid dienone is 1. The lowest BCUT2D eigenvalue weighted by atomic mass is 9.88. The zero-order chi connectivity index (χ0) is 27.7. The van der Waals surface area contributed by atoms with Crippen molar-refractivity contribution >= 4 is 17.1 Å². The third kappa shape index (κ3) is 7.05. The van der Waals surface area contributed by atoms with Gasteiger partial charge >= 0.3 is 5.97 Å². The van der Waals surface area contributed by atoms with Crippen LogP contribution in [0.3, 0.4) is 0 Å². The molecule has 6 heteroatoms. The number of hydrogen-bond donors (Lipinski definition) is 1. The first-order chi connectivity index (χ1) is 19.6. The van der Waals surface area contributed by atoms with Crippen molar-refractivity contribution in [3.8, 4) is 23.0 Å². The predicted octanol–water partition coefficient (Wildman–Crippen LogP) is 7.26. The third-order valence-corrected chi connectivity index (χ3v) is 7.63. The van der Waals surface area contributed by atoms with Crippen LogP contribution in [-0.2, 0) is 4.79 Å². The van der Waals surface area contributed by atoms with Gasteiger partial charge in [-0.3, -0.25) is 4.79 Å². The van der Waals surface area contributed by atoms with Crippen LogP contribution in [-0.4, -0.2) is 32.5 Å². The summed E-state index contributed by atoms with van der Waals surface area (Å²) in [5.74, 6) is 3.39. The third-order valence-electron chi connectivity index (χ3n) is 7.63. The van der Waals surface area contributed by atoms with Gasteiger partial charge in [0, 0.05) is 13.5 Å². The van der Waals surface area contributed by atoms with Crippen LogP contribution in [0.5, 0.6) is 23.0 Å². The van der Waals surface area contributed by atoms with E-state index in [2.05, 4.69) is 30.4 Å². The molecule has 0 unspecified atom stereocenters. The largest absolute Gasteiger partial charge is 0.492 e. The normalized spacial score (nSPS) is 15.4. The number of carbonyl (C=O) groups excluding carboxylic acids is 1. The van der Waals surface area contributed by atoms with Crippen molar-refractivity contribution in [1.29, 1.82) is 0 Å². The Kier molecular flexibility index (Phi) is 9.40. The monoisotopic (exact) mass is 541 g/mol. The van der Waals surface area contributed by atoms with E-state index in [0.717, 1.165) is 64.9 Å². The maximum absolute atomic E-state index is 11.4. The summed E-state index contributed by atoms with van der Waals surface area (Å²) in [6, 6.07) is 22.1. The predicted molar refractivity (Wildman–Crippen MR) is 158 cm³/mol. The fraction of sp³-hybridized carbons (Fsp3) is 0.382. The van der Waals surface area contributed by atoms with Crippen molar-refractivity contribution in [2.75, 3.05) is 26.5 Å². The number of esters is 1. The van der Waals surface area contributed by atoms with Gasteiger partial charge in [-0.1, -0.05) is 56.5 Å². The molecule has 0 radical (unpaired) electrons. The molecule has 0 saturated heterocycles. The second-order valence-corrected chi connectivity index (χ2v) is 10.5. The first-order valence-electron chi connectivity index (χ1n) is 14.5. The van der Waals surface area contributed by atoms with E-state index in [0.29, 0.717) is 12.4 Å². The van der Waals surface area contributed by atoms with E-state index in [1.54, 1.807) is 0 Å². The SMILES string of the molecule is CC/C(=C(/c1ccc(OCCNCC2CCCCC2)cc1)c1ccc(OC(C)=O)cc1)c1ccc2c(c1)OCO2. The van der Waals surface area contributed by atoms with Crippen molar-refractivity contribution in [3.05, 3.63) is 83.4 Å². The average molecular weight is 542 g/mol. The van der Waals surface area contributed by atoms with Gasteiger partial charge in [0.25, 0.3) is 0 Å². The van der Waals surface area contributed by atoms with Crippen molar-refractivity contribution in [2.24, 2.45) is 5.92 Å². The Balaban J connectivity index is 1.35. The highest BCUT2D eigenvalue weighted by Gasteiger charge is 2.18. The summed E-state index contributed by atoms with van der Waals surface area (Å²) in [7, 11) is 0. The molecule has 1 aliphatic carbocycles. The Labute approximate surface area is 237 Å². The molecule has 0 bridgehead atoms. The summed E-state index contributed by atoms with van der Waals surface area (Å²) in [6.45, 7) is 6.39. The molecule has 210 valence electrons. The molecule has 0 spiro atoms. The first-order valence-corrected chi connectivity index (χ1v) is 14.5. The van der Waals surface area contributed by atoms with Crippen LogP contribution in [0, 0.1) is 5.92 Å². The lowest BCUT2D eigenvalue weighted by Crippen LogP contribution is -2.28. The van der Waals surface area contributed by atoms with Gasteiger partial charge in [-0.2, -0.15) is 0 Å². The highest BCUT2D eigenvalue weighted by atomic mass is 16.7. The number of ether oxygens (including phenoxy) is 4. The maximum atomic E-state index is 11.4. The number of nitrogens with one attached hydrogen (secondary N) is 1. The fourth-order valence-corrected chi connectivity index (χ4v) is 5.64. The Hall–Kier alpha value is -3.77. The summed E-state index contributed by atoms with van der Waals surface area (Å²) in [6.07, 6.45) is 7.65. The van der Waals surface area contributed by atoms with Gasteiger partial charge in [0.2, 0.25) is 6.79 Å². The summed E-state index contributed by atoms with van der Waals surface area (Å²) >= 11 is 0. The van der Waals surface area contributed by atoms with Gasteiger partial charge in [-0.15, -0.1) is 0 Å². The Morgan fingerprint density at radius 3 is 2.17 bits per heavy atom. The minimum atomic E-state index is -0.335. The van der Waals surface area contributed by atoms with Crippen molar-refractivity contribution in [3.63, 3.8) is 0 Å². The summed E-state index contributed by atoms with van der Waals surface area (Å²) in [4.78, 5) is 11.4. The molecule has 0 atom stereocenters. The molecule has 2 aliphatic rings. The minimum Gasteiger partial charge on any atom is -0.492 e. The molecule has 1 fully saturated rings. The van der Waals surface area contributed by atoms with E-state index in [4.69, 9.17) is 18.9 Å². The molecule has 0 amide bonds. The molecule has 1 aliphatic heterocycles. The van der Waals surface area contributed by atoms with Crippen molar-refractivity contribution in [1.82, 2.24) is 5.32 Å². The van der Waals surface area contributed by atoms with E-state index in [1.165, 1.54) is 44.6 Å². The highest BCUT2D eigenvalue weighted by Crippen LogP contribution is 2.40. The second kappa shape index (κ2) is 13.5. The average Bonchev–Trinajstić information content (AvgIpc) is 3.45. The number of fused-ring (bicyclic) bond motifs is 1. The standard InChI is InChI=1S/C34H39NO5/c1-3-31(28-13-18-32-33(21-28)39-23-38-32)34(27-11-16-30(17-12-27)40-24(2)36)26-9-14-29(15-10-26)37-20-19-35-22-25-7-5-4-6-8-25/h9-18,21,25,35H,3-8,19-20,22-23H2,1-2H3/b34-31+. The zero-order valence-corrected chi connectivity index (χ0v) is 23.5. The molecule has 1 N–H and O–H groups in total. The summed E-state index contributed by atoms with van der Waals surface area (Å²) in [5, 5.41) is 3.57. The van der Waals surface area contributed by atoms with Crippen LogP contribution in [0.15, 0.2) is 66.7 Å². The van der Waals surface area contributed by atoms with Gasteiger partial charge in [-0.05, 0) is 96.0 Å². The topological polar surface area (TPSA) is 66.0 Å². The van der Waals surface area contributed by atoms with Crippen LogP contribution < -0.4 is 24.3 Å². The molecule has 3 aromatic carbocycles. The fourth-order valence-electron chi connectivity index (χ4n) is 5.64. The quantitative estimate of drug-likeness (QED) is 0.119. The van der Waals surface area contributed by atoms with Crippen LogP contribution in [0.4, 0.5) is 0 Å². The maximum Gasteiger partial charge on any atom is 0.308 e. The Bertz CT molecular complexity index is 1310. The molecule has 0 aromatic heterocycles. The molecule has 3 aromatic rings. The number of benzene rings is 3. The Morgan fingerprint density at radius 1 is 0.850 bits per heavy atom. The minimum absolute atomic E-state index is 0.242. The molecular weight excluding hydrogens is 502 g/mol. The molecule has 6 nitrogen and oxygen atoms in total. The van der Waals surface area contributed by atoms with Gasteiger partial charge in [-0.25, -0.2) is 0 Å². The molecular formula is C34H39NO5. The number of rotatable bonds is 11. The number of carbonyl (C=O) groups is 1. The molecule has 1 heterocycles. The van der Waals surface area contributed by atoms with E-state index in [1.807, 2.05) is 48.5 Å². The molecule has 5 rings (SSSR count). The highest BCUT2D eigenvalue weighted by molar-refractivity contribution is 5.99. The van der Waals surface area contributed by atoms with Crippen LogP contribution >= 0.6 is 0 Å². The lowest BCUT2D eigenvalue weighted by molar-refractivity contribution is -0.131. The van der Waals surface area contributed by atoms with E-state index in [9.17, 15) is 4.79 Å². The first kappa shape index (κ1) is 27.8. The molecule has 40 heavy (non-hydrogen) atoms. The molecule has 1 saturated carbocycles. The van der Waals surface area contributed by atoms with E-state index >= 15 is 0 Å². The Morgan fingerprint density at radius 2 is 1.50 bits per heavy atom. The van der Waals surface area contributed by atoms with Crippen molar-refractivity contribution < 1.29 is 23.7 Å². The second-order valence-electron chi connectivity index (χ2n) is 10.5.